The van der Waals surface area contributed by atoms with Gasteiger partial charge < -0.3 is 4.74 Å². The Balaban J connectivity index is 2.41. The van der Waals surface area contributed by atoms with Gasteiger partial charge in [0.25, 0.3) is 5.70 Å². The number of benzene rings is 2. The van der Waals surface area contributed by atoms with E-state index >= 15 is 0 Å². The normalized spacial score (nSPS) is 11.2. The maximum absolute atomic E-state index is 11.3. The molecule has 0 aliphatic heterocycles. The highest BCUT2D eigenvalue weighted by atomic mass is 35.5. The van der Waals surface area contributed by atoms with Crippen LogP contribution < -0.4 is 4.74 Å². The van der Waals surface area contributed by atoms with Gasteiger partial charge in [0.2, 0.25) is 0 Å². The Hall–Kier alpha value is -2.33. The second kappa shape index (κ2) is 6.90. The molecule has 5 heteroatoms. The van der Waals surface area contributed by atoms with Crippen LogP contribution in [0.15, 0.2) is 54.2 Å². The van der Waals surface area contributed by atoms with Crippen LogP contribution >= 0.6 is 11.6 Å². The molecule has 0 saturated carbocycles. The number of rotatable bonds is 5. The summed E-state index contributed by atoms with van der Waals surface area (Å²) in [5.41, 5.74) is 1.45. The van der Waals surface area contributed by atoms with E-state index in [-0.39, 0.29) is 12.1 Å². The van der Waals surface area contributed by atoms with Crippen molar-refractivity contribution in [2.24, 2.45) is 0 Å². The van der Waals surface area contributed by atoms with E-state index in [2.05, 4.69) is 0 Å². The Labute approximate surface area is 127 Å². The van der Waals surface area contributed by atoms with Crippen molar-refractivity contribution >= 4 is 17.7 Å². The molecule has 2 rings (SSSR count). The SMILES string of the molecule is COc1cccc(Cl)c1/C=C(/Cc1ccccc1)[N+](=O)[O-]. The first kappa shape index (κ1) is 15.1. The van der Waals surface area contributed by atoms with Crippen molar-refractivity contribution in [2.45, 2.75) is 6.42 Å². The molecule has 21 heavy (non-hydrogen) atoms. The van der Waals surface area contributed by atoms with Crippen LogP contribution in [0.1, 0.15) is 11.1 Å². The lowest BCUT2D eigenvalue weighted by Gasteiger charge is -2.07. The Morgan fingerprint density at radius 2 is 1.95 bits per heavy atom. The summed E-state index contributed by atoms with van der Waals surface area (Å²) in [6.07, 6.45) is 1.69. The molecule has 0 spiro atoms. The number of methoxy groups -OCH3 is 1. The van der Waals surface area contributed by atoms with Crippen LogP contribution in [0, 0.1) is 10.1 Å². The lowest BCUT2D eigenvalue weighted by Crippen LogP contribution is -2.03. The summed E-state index contributed by atoms with van der Waals surface area (Å²) in [4.78, 5) is 10.9. The first-order valence-corrected chi connectivity index (χ1v) is 6.71. The highest BCUT2D eigenvalue weighted by Gasteiger charge is 2.15. The number of hydrogen-bond acceptors (Lipinski definition) is 3. The molecule has 0 aromatic heterocycles. The minimum absolute atomic E-state index is 0.0626. The van der Waals surface area contributed by atoms with Crippen LogP contribution in [0.3, 0.4) is 0 Å². The van der Waals surface area contributed by atoms with E-state index in [9.17, 15) is 10.1 Å². The van der Waals surface area contributed by atoms with E-state index in [1.54, 1.807) is 18.2 Å². The molecular formula is C16H14ClNO3. The Morgan fingerprint density at radius 3 is 2.57 bits per heavy atom. The van der Waals surface area contributed by atoms with Crippen molar-refractivity contribution in [3.05, 3.63) is 80.5 Å². The van der Waals surface area contributed by atoms with Gasteiger partial charge in [-0.1, -0.05) is 48.0 Å². The molecular weight excluding hydrogens is 290 g/mol. The van der Waals surface area contributed by atoms with Gasteiger partial charge in [0.1, 0.15) is 5.75 Å². The van der Waals surface area contributed by atoms with Gasteiger partial charge in [0, 0.05) is 11.6 Å². The molecule has 108 valence electrons. The van der Waals surface area contributed by atoms with E-state index in [0.29, 0.717) is 16.3 Å². The Morgan fingerprint density at radius 1 is 1.24 bits per heavy atom. The average Bonchev–Trinajstić information content (AvgIpc) is 2.49. The third-order valence-electron chi connectivity index (χ3n) is 3.01. The number of nitro groups is 1. The van der Waals surface area contributed by atoms with Crippen LogP contribution in [-0.4, -0.2) is 12.0 Å². The maximum Gasteiger partial charge on any atom is 0.251 e. The van der Waals surface area contributed by atoms with Crippen LogP contribution in [0.4, 0.5) is 0 Å². The fourth-order valence-corrected chi connectivity index (χ4v) is 2.20. The molecule has 2 aromatic rings. The summed E-state index contributed by atoms with van der Waals surface area (Å²) in [7, 11) is 1.51. The average molecular weight is 304 g/mol. The largest absolute Gasteiger partial charge is 0.496 e. The summed E-state index contributed by atoms with van der Waals surface area (Å²) in [5.74, 6) is 0.509. The number of ether oxygens (including phenoxy) is 1. The smallest absolute Gasteiger partial charge is 0.251 e. The van der Waals surface area contributed by atoms with Crippen molar-refractivity contribution in [2.75, 3.05) is 7.11 Å². The van der Waals surface area contributed by atoms with E-state index in [4.69, 9.17) is 16.3 Å². The van der Waals surface area contributed by atoms with E-state index in [1.165, 1.54) is 13.2 Å². The number of hydrogen-bond donors (Lipinski definition) is 0. The van der Waals surface area contributed by atoms with E-state index in [1.807, 2.05) is 30.3 Å². The standard InChI is InChI=1S/C16H14ClNO3/c1-21-16-9-5-8-15(17)14(16)11-13(18(19)20)10-12-6-3-2-4-7-12/h2-9,11H,10H2,1H3/b13-11-. The highest BCUT2D eigenvalue weighted by Crippen LogP contribution is 2.29. The maximum atomic E-state index is 11.3. The molecule has 0 heterocycles. The van der Waals surface area contributed by atoms with E-state index < -0.39 is 4.92 Å². The third kappa shape index (κ3) is 3.83. The zero-order chi connectivity index (χ0) is 15.2. The van der Waals surface area contributed by atoms with Crippen LogP contribution in [-0.2, 0) is 6.42 Å². The Kier molecular flexibility index (Phi) is 4.95. The van der Waals surface area contributed by atoms with Crippen LogP contribution in [0.25, 0.3) is 6.08 Å². The predicted octanol–water partition coefficient (Wildman–Crippen LogP) is 4.21. The second-order valence-electron chi connectivity index (χ2n) is 4.41. The zero-order valence-corrected chi connectivity index (χ0v) is 12.2. The van der Waals surface area contributed by atoms with Gasteiger partial charge in [-0.3, -0.25) is 10.1 Å². The summed E-state index contributed by atoms with van der Waals surface area (Å²) >= 11 is 6.11. The van der Waals surface area contributed by atoms with E-state index in [0.717, 1.165) is 5.56 Å². The number of nitrogens with zero attached hydrogens (tertiary/aromatic N) is 1. The molecule has 0 fully saturated rings. The molecule has 0 aliphatic carbocycles. The lowest BCUT2D eigenvalue weighted by atomic mass is 10.1. The summed E-state index contributed by atoms with van der Waals surface area (Å²) in [6, 6.07) is 14.4. The van der Waals surface area contributed by atoms with Gasteiger partial charge in [0.05, 0.1) is 23.5 Å². The first-order chi connectivity index (χ1) is 10.1. The quantitative estimate of drug-likeness (QED) is 0.614. The van der Waals surface area contributed by atoms with Crippen molar-refractivity contribution in [3.63, 3.8) is 0 Å². The van der Waals surface area contributed by atoms with Gasteiger partial charge in [0.15, 0.2) is 0 Å². The fraction of sp³-hybridized carbons (Fsp3) is 0.125. The molecule has 0 radical (unpaired) electrons. The minimum Gasteiger partial charge on any atom is -0.496 e. The summed E-state index contributed by atoms with van der Waals surface area (Å²) in [6.45, 7) is 0. The van der Waals surface area contributed by atoms with Gasteiger partial charge in [-0.25, -0.2) is 0 Å². The lowest BCUT2D eigenvalue weighted by molar-refractivity contribution is -0.425. The van der Waals surface area contributed by atoms with Crippen molar-refractivity contribution < 1.29 is 9.66 Å². The number of allylic oxidation sites excluding steroid dienone is 1. The van der Waals surface area contributed by atoms with Crippen LogP contribution in [0.5, 0.6) is 5.75 Å². The highest BCUT2D eigenvalue weighted by molar-refractivity contribution is 6.32. The Bertz CT molecular complexity index is 668. The number of halogens is 1. The van der Waals surface area contributed by atoms with Crippen molar-refractivity contribution in [1.29, 1.82) is 0 Å². The second-order valence-corrected chi connectivity index (χ2v) is 4.82. The van der Waals surface area contributed by atoms with Crippen molar-refractivity contribution in [1.82, 2.24) is 0 Å². The zero-order valence-electron chi connectivity index (χ0n) is 11.5. The molecule has 0 atom stereocenters. The minimum atomic E-state index is -0.393. The van der Waals surface area contributed by atoms with Crippen molar-refractivity contribution in [3.8, 4) is 5.75 Å². The monoisotopic (exact) mass is 303 g/mol. The third-order valence-corrected chi connectivity index (χ3v) is 3.34. The molecule has 4 nitrogen and oxygen atoms in total. The molecule has 0 amide bonds. The summed E-state index contributed by atoms with van der Waals surface area (Å²) < 4.78 is 5.21. The van der Waals surface area contributed by atoms with Gasteiger partial charge in [-0.2, -0.15) is 0 Å². The fourth-order valence-electron chi connectivity index (χ4n) is 1.98. The molecule has 0 aliphatic rings. The molecule has 0 bridgehead atoms. The van der Waals surface area contributed by atoms with Gasteiger partial charge in [-0.05, 0) is 17.7 Å². The summed E-state index contributed by atoms with van der Waals surface area (Å²) in [5, 5.41) is 11.7. The topological polar surface area (TPSA) is 52.4 Å². The first-order valence-electron chi connectivity index (χ1n) is 6.33. The molecule has 0 N–H and O–H groups in total. The molecule has 2 aromatic carbocycles. The molecule has 0 saturated heterocycles. The molecule has 0 unspecified atom stereocenters. The van der Waals surface area contributed by atoms with Gasteiger partial charge >= 0.3 is 0 Å². The van der Waals surface area contributed by atoms with Gasteiger partial charge in [-0.15, -0.1) is 0 Å². The van der Waals surface area contributed by atoms with Crippen LogP contribution in [0.2, 0.25) is 5.02 Å². The predicted molar refractivity (Wildman–Crippen MR) is 83.1 cm³/mol.